The van der Waals surface area contributed by atoms with Crippen LogP contribution in [0.2, 0.25) is 0 Å². The Hall–Kier alpha value is -2.95. The summed E-state index contributed by atoms with van der Waals surface area (Å²) in [6.07, 6.45) is -0.477. The Balaban J connectivity index is 1.61. The van der Waals surface area contributed by atoms with E-state index in [2.05, 4.69) is 25.7 Å². The SMILES string of the molecule is Cn1c(C(F)(F)F)nc2cncc(C(=O)NCc3cnn4c3CNCC4)c21. The zero-order valence-corrected chi connectivity index (χ0v) is 14.3. The van der Waals surface area contributed by atoms with Crippen LogP contribution in [0.5, 0.6) is 0 Å². The summed E-state index contributed by atoms with van der Waals surface area (Å²) >= 11 is 0. The predicted molar refractivity (Wildman–Crippen MR) is 88.6 cm³/mol. The molecule has 1 aliphatic heterocycles. The topological polar surface area (TPSA) is 89.7 Å². The summed E-state index contributed by atoms with van der Waals surface area (Å²) in [5.74, 6) is -1.59. The van der Waals surface area contributed by atoms with Crippen molar-refractivity contribution < 1.29 is 18.0 Å². The number of aromatic nitrogens is 5. The third-order valence-electron chi connectivity index (χ3n) is 4.54. The van der Waals surface area contributed by atoms with Crippen LogP contribution in [0.25, 0.3) is 11.0 Å². The van der Waals surface area contributed by atoms with E-state index < -0.39 is 17.9 Å². The molecule has 0 aromatic carbocycles. The van der Waals surface area contributed by atoms with Crippen molar-refractivity contribution in [1.29, 1.82) is 0 Å². The molecule has 11 heteroatoms. The molecule has 3 aromatic heterocycles. The number of nitrogens with one attached hydrogen (secondary N) is 2. The zero-order chi connectivity index (χ0) is 19.2. The molecule has 27 heavy (non-hydrogen) atoms. The summed E-state index contributed by atoms with van der Waals surface area (Å²) in [7, 11) is 1.23. The van der Waals surface area contributed by atoms with Crippen molar-refractivity contribution in [2.24, 2.45) is 7.05 Å². The summed E-state index contributed by atoms with van der Waals surface area (Å²) in [5.41, 5.74) is 1.99. The van der Waals surface area contributed by atoms with Gasteiger partial charge in [0.2, 0.25) is 5.82 Å². The van der Waals surface area contributed by atoms with Gasteiger partial charge in [-0.15, -0.1) is 0 Å². The minimum Gasteiger partial charge on any atom is -0.348 e. The van der Waals surface area contributed by atoms with Crippen molar-refractivity contribution in [1.82, 2.24) is 34.9 Å². The van der Waals surface area contributed by atoms with Crippen molar-refractivity contribution >= 4 is 16.9 Å². The number of imidazole rings is 1. The van der Waals surface area contributed by atoms with Crippen molar-refractivity contribution in [3.05, 3.63) is 41.2 Å². The van der Waals surface area contributed by atoms with Crippen molar-refractivity contribution in [3.8, 4) is 0 Å². The van der Waals surface area contributed by atoms with Crippen LogP contribution in [0, 0.1) is 0 Å². The molecule has 0 fully saturated rings. The predicted octanol–water partition coefficient (Wildman–Crippen LogP) is 1.22. The van der Waals surface area contributed by atoms with E-state index >= 15 is 0 Å². The second kappa shape index (κ2) is 6.34. The summed E-state index contributed by atoms with van der Waals surface area (Å²) in [6, 6.07) is 0. The molecule has 1 amide bonds. The van der Waals surface area contributed by atoms with E-state index in [1.807, 2.05) is 4.68 Å². The van der Waals surface area contributed by atoms with Gasteiger partial charge in [0.05, 0.1) is 35.7 Å². The number of hydrogen-bond acceptors (Lipinski definition) is 5. The van der Waals surface area contributed by atoms with Crippen LogP contribution in [0.4, 0.5) is 13.2 Å². The molecular weight excluding hydrogens is 363 g/mol. The highest BCUT2D eigenvalue weighted by molar-refractivity contribution is 6.04. The number of hydrogen-bond donors (Lipinski definition) is 2. The normalized spacial score (nSPS) is 14.4. The number of amides is 1. The summed E-state index contributed by atoms with van der Waals surface area (Å²) in [4.78, 5) is 20.0. The monoisotopic (exact) mass is 379 g/mol. The van der Waals surface area contributed by atoms with E-state index in [9.17, 15) is 18.0 Å². The van der Waals surface area contributed by atoms with Gasteiger partial charge in [0.15, 0.2) is 0 Å². The Morgan fingerprint density at radius 1 is 1.33 bits per heavy atom. The van der Waals surface area contributed by atoms with Crippen molar-refractivity contribution in [3.63, 3.8) is 0 Å². The van der Waals surface area contributed by atoms with Crippen molar-refractivity contribution in [2.45, 2.75) is 25.8 Å². The second-order valence-corrected chi connectivity index (χ2v) is 6.25. The zero-order valence-electron chi connectivity index (χ0n) is 14.3. The van der Waals surface area contributed by atoms with E-state index in [0.29, 0.717) is 6.54 Å². The average Bonchev–Trinajstić information content (AvgIpc) is 3.21. The highest BCUT2D eigenvalue weighted by atomic mass is 19.4. The van der Waals surface area contributed by atoms with Crippen LogP contribution < -0.4 is 10.6 Å². The molecule has 0 bridgehead atoms. The van der Waals surface area contributed by atoms with Gasteiger partial charge in [-0.1, -0.05) is 0 Å². The molecule has 0 radical (unpaired) electrons. The van der Waals surface area contributed by atoms with Crippen LogP contribution in [-0.4, -0.2) is 36.8 Å². The summed E-state index contributed by atoms with van der Waals surface area (Å²) < 4.78 is 42.0. The van der Waals surface area contributed by atoms with Gasteiger partial charge in [0.25, 0.3) is 5.91 Å². The highest BCUT2D eigenvalue weighted by Gasteiger charge is 2.37. The minimum atomic E-state index is -4.62. The van der Waals surface area contributed by atoms with Gasteiger partial charge < -0.3 is 15.2 Å². The molecule has 0 atom stereocenters. The molecule has 1 aliphatic rings. The van der Waals surface area contributed by atoms with E-state index in [1.165, 1.54) is 19.4 Å². The molecule has 0 spiro atoms. The lowest BCUT2D eigenvalue weighted by atomic mass is 10.2. The molecule has 2 N–H and O–H groups in total. The summed E-state index contributed by atoms with van der Waals surface area (Å²) in [6.45, 7) is 2.45. The van der Waals surface area contributed by atoms with E-state index in [4.69, 9.17) is 0 Å². The molecule has 0 saturated carbocycles. The average molecular weight is 379 g/mol. The largest absolute Gasteiger partial charge is 0.449 e. The van der Waals surface area contributed by atoms with Crippen LogP contribution in [-0.2, 0) is 32.9 Å². The van der Waals surface area contributed by atoms with Gasteiger partial charge in [0, 0.05) is 38.4 Å². The molecular formula is C16H16F3N7O. The van der Waals surface area contributed by atoms with Gasteiger partial charge in [0.1, 0.15) is 5.52 Å². The van der Waals surface area contributed by atoms with Gasteiger partial charge in [-0.2, -0.15) is 18.3 Å². The maximum Gasteiger partial charge on any atom is 0.449 e. The van der Waals surface area contributed by atoms with Crippen molar-refractivity contribution in [2.75, 3.05) is 6.54 Å². The standard InChI is InChI=1S/C16H16F3N7O/c1-25-13-10(6-21-7-11(13)24-15(25)16(17,18)19)14(27)22-4-9-5-23-26-3-2-20-8-12(9)26/h5-7,20H,2-4,8H2,1H3,(H,22,27). The first kappa shape index (κ1) is 17.5. The number of rotatable bonds is 3. The maximum absolute atomic E-state index is 13.1. The maximum atomic E-state index is 13.1. The fourth-order valence-electron chi connectivity index (χ4n) is 3.25. The Bertz CT molecular complexity index is 1020. The molecule has 0 saturated heterocycles. The molecule has 0 aliphatic carbocycles. The quantitative estimate of drug-likeness (QED) is 0.714. The number of alkyl halides is 3. The van der Waals surface area contributed by atoms with Gasteiger partial charge in [-0.3, -0.25) is 14.5 Å². The first-order valence-corrected chi connectivity index (χ1v) is 8.26. The Kier molecular flexibility index (Phi) is 4.10. The number of fused-ring (bicyclic) bond motifs is 2. The fraction of sp³-hybridized carbons (Fsp3) is 0.375. The van der Waals surface area contributed by atoms with E-state index in [1.54, 1.807) is 6.20 Å². The third-order valence-corrected chi connectivity index (χ3v) is 4.54. The smallest absolute Gasteiger partial charge is 0.348 e. The minimum absolute atomic E-state index is 0.0181. The van der Waals surface area contributed by atoms with Gasteiger partial charge in [-0.25, -0.2) is 4.98 Å². The first-order chi connectivity index (χ1) is 12.9. The molecule has 0 unspecified atom stereocenters. The fourth-order valence-corrected chi connectivity index (χ4v) is 3.25. The Labute approximate surface area is 151 Å². The molecule has 8 nitrogen and oxygen atoms in total. The van der Waals surface area contributed by atoms with Crippen LogP contribution >= 0.6 is 0 Å². The lowest BCUT2D eigenvalue weighted by Gasteiger charge is -2.16. The number of aryl methyl sites for hydroxylation is 1. The molecule has 3 aromatic rings. The van der Waals surface area contributed by atoms with Gasteiger partial charge >= 0.3 is 6.18 Å². The lowest BCUT2D eigenvalue weighted by Crippen LogP contribution is -2.30. The van der Waals surface area contributed by atoms with Crippen LogP contribution in [0.15, 0.2) is 18.6 Å². The Morgan fingerprint density at radius 3 is 2.93 bits per heavy atom. The first-order valence-electron chi connectivity index (χ1n) is 8.26. The van der Waals surface area contributed by atoms with E-state index in [-0.39, 0.29) is 23.1 Å². The number of pyridine rings is 1. The number of carbonyl (C=O) groups is 1. The Morgan fingerprint density at radius 2 is 2.15 bits per heavy atom. The second-order valence-electron chi connectivity index (χ2n) is 6.25. The van der Waals surface area contributed by atoms with E-state index in [0.717, 1.165) is 28.9 Å². The number of halogens is 3. The molecule has 142 valence electrons. The number of nitrogens with zero attached hydrogens (tertiary/aromatic N) is 5. The highest BCUT2D eigenvalue weighted by Crippen LogP contribution is 2.31. The lowest BCUT2D eigenvalue weighted by molar-refractivity contribution is -0.146. The summed E-state index contributed by atoms with van der Waals surface area (Å²) in [5, 5.41) is 10.2. The van der Waals surface area contributed by atoms with Crippen LogP contribution in [0.3, 0.4) is 0 Å². The molecule has 4 rings (SSSR count). The van der Waals surface area contributed by atoms with Gasteiger partial charge in [-0.05, 0) is 0 Å². The molecule has 4 heterocycles. The number of carbonyl (C=O) groups excluding carboxylic acids is 1. The third kappa shape index (κ3) is 3.03. The van der Waals surface area contributed by atoms with Crippen LogP contribution in [0.1, 0.15) is 27.4 Å².